The Labute approximate surface area is 180 Å². The molecule has 0 saturated heterocycles. The molecule has 5 rings (SSSR count). The van der Waals surface area contributed by atoms with Crippen molar-refractivity contribution in [3.63, 3.8) is 0 Å². The molecule has 1 amide bonds. The van der Waals surface area contributed by atoms with Crippen LogP contribution in [0.1, 0.15) is 68.3 Å². The summed E-state index contributed by atoms with van der Waals surface area (Å²) in [6, 6.07) is 6.29. The Hall–Kier alpha value is -1.10. The Balaban J connectivity index is 1.31. The molecule has 5 heteroatoms. The van der Waals surface area contributed by atoms with Crippen molar-refractivity contribution >= 4 is 17.5 Å². The van der Waals surface area contributed by atoms with Crippen LogP contribution in [-0.4, -0.2) is 31.6 Å². The highest BCUT2D eigenvalue weighted by Gasteiger charge is 2.50. The highest BCUT2D eigenvalue weighted by molar-refractivity contribution is 6.33. The van der Waals surface area contributed by atoms with Crippen LogP contribution in [0.15, 0.2) is 18.2 Å². The summed E-state index contributed by atoms with van der Waals surface area (Å²) in [6.07, 6.45) is 8.21. The molecule has 4 fully saturated rings. The van der Waals surface area contributed by atoms with E-state index in [2.05, 4.69) is 29.8 Å². The number of halogens is 1. The fraction of sp³-hybridized carbons (Fsp3) is 0.708. The number of carbonyl (C=O) groups is 1. The molecule has 4 nitrogen and oxygen atoms in total. The zero-order chi connectivity index (χ0) is 20.4. The van der Waals surface area contributed by atoms with Crippen molar-refractivity contribution in [1.82, 2.24) is 16.0 Å². The summed E-state index contributed by atoms with van der Waals surface area (Å²) in [4.78, 5) is 12.9. The topological polar surface area (TPSA) is 53.2 Å². The number of amides is 1. The standard InChI is InChI=1S/C24H36ClN3O/c1-16(2)27-6-5-26-14-17-3-4-22(25)21(10-17)23(29)28-15-24-11-18-7-19(12-24)9-20(8-18)13-24/h3-4,10,16,18-20,26-27H,5-9,11-15H2,1-2H3,(H,28,29). The van der Waals surface area contributed by atoms with Gasteiger partial charge >= 0.3 is 0 Å². The van der Waals surface area contributed by atoms with E-state index in [0.29, 0.717) is 22.0 Å². The lowest BCUT2D eigenvalue weighted by molar-refractivity contribution is -0.0503. The third-order valence-electron chi connectivity index (χ3n) is 7.25. The van der Waals surface area contributed by atoms with E-state index in [-0.39, 0.29) is 5.91 Å². The molecule has 160 valence electrons. The normalized spacial score (nSPS) is 30.1. The Morgan fingerprint density at radius 2 is 1.76 bits per heavy atom. The average molecular weight is 418 g/mol. The molecule has 29 heavy (non-hydrogen) atoms. The first kappa shape index (κ1) is 21.1. The second-order valence-electron chi connectivity index (χ2n) is 10.2. The Morgan fingerprint density at radius 1 is 1.10 bits per heavy atom. The van der Waals surface area contributed by atoms with Crippen molar-refractivity contribution in [2.24, 2.45) is 23.2 Å². The summed E-state index contributed by atoms with van der Waals surface area (Å²) in [5.41, 5.74) is 2.05. The van der Waals surface area contributed by atoms with Crippen molar-refractivity contribution in [2.45, 2.75) is 65.0 Å². The summed E-state index contributed by atoms with van der Waals surface area (Å²) in [5.74, 6) is 2.69. The minimum atomic E-state index is -0.0194. The van der Waals surface area contributed by atoms with E-state index in [1.807, 2.05) is 18.2 Å². The van der Waals surface area contributed by atoms with Crippen LogP contribution in [0.25, 0.3) is 0 Å². The van der Waals surface area contributed by atoms with E-state index in [9.17, 15) is 4.79 Å². The Bertz CT molecular complexity index is 698. The highest BCUT2D eigenvalue weighted by Crippen LogP contribution is 2.59. The maximum Gasteiger partial charge on any atom is 0.252 e. The largest absolute Gasteiger partial charge is 0.351 e. The molecule has 4 saturated carbocycles. The minimum Gasteiger partial charge on any atom is -0.351 e. The van der Waals surface area contributed by atoms with Gasteiger partial charge in [-0.05, 0) is 79.4 Å². The molecule has 0 aromatic heterocycles. The van der Waals surface area contributed by atoms with Gasteiger partial charge in [-0.15, -0.1) is 0 Å². The molecule has 0 unspecified atom stereocenters. The van der Waals surface area contributed by atoms with Crippen LogP contribution in [0.5, 0.6) is 0 Å². The molecule has 4 bridgehead atoms. The quantitative estimate of drug-likeness (QED) is 0.523. The lowest BCUT2D eigenvalue weighted by Gasteiger charge is -2.56. The molecular formula is C24H36ClN3O. The monoisotopic (exact) mass is 417 g/mol. The van der Waals surface area contributed by atoms with Gasteiger partial charge in [0.25, 0.3) is 5.91 Å². The van der Waals surface area contributed by atoms with Crippen molar-refractivity contribution < 1.29 is 4.79 Å². The second-order valence-corrected chi connectivity index (χ2v) is 10.6. The predicted octanol–water partition coefficient (Wildman–Crippen LogP) is 4.37. The molecule has 0 atom stereocenters. The lowest BCUT2D eigenvalue weighted by atomic mass is 9.49. The first-order valence-electron chi connectivity index (χ1n) is 11.4. The fourth-order valence-corrected chi connectivity index (χ4v) is 6.61. The number of nitrogens with one attached hydrogen (secondary N) is 3. The summed E-state index contributed by atoms with van der Waals surface area (Å²) in [7, 11) is 0. The van der Waals surface area contributed by atoms with E-state index < -0.39 is 0 Å². The SMILES string of the molecule is CC(C)NCCNCc1ccc(Cl)c(C(=O)NCC23CC4CC(CC(C4)C2)C3)c1. The average Bonchev–Trinajstić information content (AvgIpc) is 2.66. The zero-order valence-electron chi connectivity index (χ0n) is 17.9. The van der Waals surface area contributed by atoms with Crippen LogP contribution in [-0.2, 0) is 6.54 Å². The first-order valence-corrected chi connectivity index (χ1v) is 11.8. The van der Waals surface area contributed by atoms with Gasteiger partial charge < -0.3 is 16.0 Å². The maximum absolute atomic E-state index is 12.9. The number of hydrogen-bond acceptors (Lipinski definition) is 3. The summed E-state index contributed by atoms with van der Waals surface area (Å²) in [6.45, 7) is 7.68. The van der Waals surface area contributed by atoms with E-state index in [0.717, 1.165) is 49.5 Å². The molecule has 4 aliphatic carbocycles. The molecule has 0 spiro atoms. The molecule has 3 N–H and O–H groups in total. The number of carbonyl (C=O) groups excluding carboxylic acids is 1. The Morgan fingerprint density at radius 3 is 2.38 bits per heavy atom. The molecule has 0 radical (unpaired) electrons. The van der Waals surface area contributed by atoms with Gasteiger partial charge in [0.2, 0.25) is 0 Å². The Kier molecular flexibility index (Phi) is 6.53. The number of rotatable bonds is 9. The summed E-state index contributed by atoms with van der Waals surface area (Å²) >= 11 is 6.37. The van der Waals surface area contributed by atoms with Crippen molar-refractivity contribution in [1.29, 1.82) is 0 Å². The highest BCUT2D eigenvalue weighted by atomic mass is 35.5. The van der Waals surface area contributed by atoms with Gasteiger partial charge in [-0.3, -0.25) is 4.79 Å². The summed E-state index contributed by atoms with van der Waals surface area (Å²) in [5, 5.41) is 10.6. The molecule has 0 heterocycles. The fourth-order valence-electron chi connectivity index (χ4n) is 6.41. The second kappa shape index (κ2) is 8.95. The van der Waals surface area contributed by atoms with E-state index >= 15 is 0 Å². The van der Waals surface area contributed by atoms with E-state index in [1.54, 1.807) is 0 Å². The van der Waals surface area contributed by atoms with Crippen molar-refractivity contribution in [2.75, 3.05) is 19.6 Å². The third kappa shape index (κ3) is 5.15. The van der Waals surface area contributed by atoms with Gasteiger partial charge in [-0.25, -0.2) is 0 Å². The van der Waals surface area contributed by atoms with Crippen molar-refractivity contribution in [3.05, 3.63) is 34.3 Å². The van der Waals surface area contributed by atoms with Crippen LogP contribution in [0.2, 0.25) is 5.02 Å². The van der Waals surface area contributed by atoms with Crippen LogP contribution >= 0.6 is 11.6 Å². The third-order valence-corrected chi connectivity index (χ3v) is 7.58. The van der Waals surface area contributed by atoms with Crippen LogP contribution in [0, 0.1) is 23.2 Å². The van der Waals surface area contributed by atoms with Gasteiger partial charge in [0.05, 0.1) is 10.6 Å². The summed E-state index contributed by atoms with van der Waals surface area (Å²) < 4.78 is 0. The molecule has 0 aliphatic heterocycles. The van der Waals surface area contributed by atoms with E-state index in [1.165, 1.54) is 38.5 Å². The van der Waals surface area contributed by atoms with Crippen LogP contribution < -0.4 is 16.0 Å². The zero-order valence-corrected chi connectivity index (χ0v) is 18.7. The van der Waals surface area contributed by atoms with Gasteiger partial charge in [-0.2, -0.15) is 0 Å². The number of hydrogen-bond donors (Lipinski definition) is 3. The molecule has 1 aromatic carbocycles. The minimum absolute atomic E-state index is 0.0194. The van der Waals surface area contributed by atoms with Gasteiger partial charge in [-0.1, -0.05) is 31.5 Å². The van der Waals surface area contributed by atoms with E-state index in [4.69, 9.17) is 11.6 Å². The molecular weight excluding hydrogens is 382 g/mol. The number of benzene rings is 1. The molecule has 1 aromatic rings. The predicted molar refractivity (Wildman–Crippen MR) is 119 cm³/mol. The van der Waals surface area contributed by atoms with Gasteiger partial charge in [0.1, 0.15) is 0 Å². The maximum atomic E-state index is 12.9. The van der Waals surface area contributed by atoms with Gasteiger partial charge in [0, 0.05) is 32.2 Å². The lowest BCUT2D eigenvalue weighted by Crippen LogP contribution is -2.51. The first-order chi connectivity index (χ1) is 13.9. The smallest absolute Gasteiger partial charge is 0.252 e. The van der Waals surface area contributed by atoms with Crippen LogP contribution in [0.4, 0.5) is 0 Å². The molecule has 4 aliphatic rings. The van der Waals surface area contributed by atoms with Crippen molar-refractivity contribution in [3.8, 4) is 0 Å². The van der Waals surface area contributed by atoms with Crippen LogP contribution in [0.3, 0.4) is 0 Å². The van der Waals surface area contributed by atoms with Gasteiger partial charge in [0.15, 0.2) is 0 Å².